The van der Waals surface area contributed by atoms with Crippen molar-refractivity contribution in [3.8, 4) is 11.1 Å². The number of rotatable bonds is 4. The maximum atomic E-state index is 11.2. The van der Waals surface area contributed by atoms with Crippen LogP contribution in [0.3, 0.4) is 0 Å². The van der Waals surface area contributed by atoms with Gasteiger partial charge in [-0.05, 0) is 34.0 Å². The van der Waals surface area contributed by atoms with Crippen molar-refractivity contribution < 1.29 is 4.92 Å². The third-order valence-corrected chi connectivity index (χ3v) is 3.91. The molecule has 26 heavy (non-hydrogen) atoms. The van der Waals surface area contributed by atoms with E-state index in [-0.39, 0.29) is 0 Å². The van der Waals surface area contributed by atoms with Crippen LogP contribution < -0.4 is 5.32 Å². The average Bonchev–Trinajstić information content (AvgIpc) is 3.06. The summed E-state index contributed by atoms with van der Waals surface area (Å²) in [5.41, 5.74) is 3.20. The second kappa shape index (κ2) is 6.25. The fourth-order valence-corrected chi connectivity index (χ4v) is 2.80. The lowest BCUT2D eigenvalue weighted by molar-refractivity contribution is -0.394. The van der Waals surface area contributed by atoms with E-state index < -0.39 is 10.9 Å². The number of hydrogen-bond donors (Lipinski definition) is 2. The summed E-state index contributed by atoms with van der Waals surface area (Å²) in [5, 5.41) is 22.0. The first kappa shape index (κ1) is 15.7. The van der Waals surface area contributed by atoms with Gasteiger partial charge in [0.15, 0.2) is 11.3 Å². The molecule has 0 aliphatic rings. The molecule has 128 valence electrons. The Balaban J connectivity index is 1.98. The second-order valence-corrected chi connectivity index (χ2v) is 5.76. The van der Waals surface area contributed by atoms with Crippen LogP contribution in [0.2, 0.25) is 0 Å². The topological polar surface area (TPSA) is 110 Å². The van der Waals surface area contributed by atoms with E-state index in [0.29, 0.717) is 22.5 Å². The number of nitro groups is 1. The third-order valence-electron chi connectivity index (χ3n) is 3.91. The van der Waals surface area contributed by atoms with Crippen molar-refractivity contribution in [3.05, 3.63) is 70.4 Å². The first-order valence-corrected chi connectivity index (χ1v) is 7.91. The van der Waals surface area contributed by atoms with Crippen LogP contribution in [0.25, 0.3) is 22.0 Å². The summed E-state index contributed by atoms with van der Waals surface area (Å²) in [4.78, 5) is 18.8. The Morgan fingerprint density at radius 1 is 1.08 bits per heavy atom. The largest absolute Gasteiger partial charge is 0.471 e. The standard InChI is InChI=1S/C18H14N6O2/c1-11-10-15(23-22-11)20-17-16-13(12-6-3-2-4-7-12)8-5-9-14(16)19-18(21-17)24(25)26/h2-10H,1H3,(H2,19,20,21,22,23). The monoisotopic (exact) mass is 346 g/mol. The zero-order valence-corrected chi connectivity index (χ0v) is 13.8. The predicted molar refractivity (Wildman–Crippen MR) is 98.2 cm³/mol. The van der Waals surface area contributed by atoms with Gasteiger partial charge in [-0.2, -0.15) is 5.10 Å². The molecule has 0 spiro atoms. The zero-order valence-electron chi connectivity index (χ0n) is 13.8. The number of nitrogens with one attached hydrogen (secondary N) is 2. The Hall–Kier alpha value is -3.81. The lowest BCUT2D eigenvalue weighted by Gasteiger charge is -2.08. The van der Waals surface area contributed by atoms with Gasteiger partial charge in [-0.1, -0.05) is 47.4 Å². The number of benzene rings is 2. The zero-order chi connectivity index (χ0) is 18.1. The number of aromatic nitrogens is 4. The molecule has 8 nitrogen and oxygen atoms in total. The summed E-state index contributed by atoms with van der Waals surface area (Å²) in [6.45, 7) is 1.87. The first-order chi connectivity index (χ1) is 12.6. The normalized spacial score (nSPS) is 10.8. The van der Waals surface area contributed by atoms with Crippen LogP contribution in [0.5, 0.6) is 0 Å². The molecule has 2 aromatic carbocycles. The molecule has 0 unspecified atom stereocenters. The van der Waals surface area contributed by atoms with E-state index in [4.69, 9.17) is 0 Å². The van der Waals surface area contributed by atoms with Crippen molar-refractivity contribution in [2.45, 2.75) is 6.92 Å². The van der Waals surface area contributed by atoms with Crippen LogP contribution in [-0.2, 0) is 0 Å². The molecule has 0 amide bonds. The minimum atomic E-state index is -0.602. The first-order valence-electron chi connectivity index (χ1n) is 7.91. The van der Waals surface area contributed by atoms with Gasteiger partial charge in [0.2, 0.25) is 5.82 Å². The Kier molecular flexibility index (Phi) is 3.77. The minimum Gasteiger partial charge on any atom is -0.390 e. The van der Waals surface area contributed by atoms with Crippen LogP contribution in [0, 0.1) is 17.0 Å². The fraction of sp³-hybridized carbons (Fsp3) is 0.0556. The number of fused-ring (bicyclic) bond motifs is 1. The summed E-state index contributed by atoms with van der Waals surface area (Å²) in [7, 11) is 0. The van der Waals surface area contributed by atoms with Crippen molar-refractivity contribution in [2.75, 3.05) is 5.32 Å². The van der Waals surface area contributed by atoms with Gasteiger partial charge in [-0.25, -0.2) is 0 Å². The molecular formula is C18H14N6O2. The molecule has 0 atom stereocenters. The van der Waals surface area contributed by atoms with Gasteiger partial charge in [-0.3, -0.25) is 5.10 Å². The number of aryl methyl sites for hydroxylation is 1. The van der Waals surface area contributed by atoms with Crippen molar-refractivity contribution in [2.24, 2.45) is 0 Å². The number of nitrogens with zero attached hydrogens (tertiary/aromatic N) is 4. The third kappa shape index (κ3) is 2.84. The molecule has 4 rings (SSSR count). The SMILES string of the molecule is Cc1cc(Nc2nc([N+](=O)[O-])nc3cccc(-c4ccccc4)c23)n[nH]1. The van der Waals surface area contributed by atoms with Gasteiger partial charge >= 0.3 is 5.95 Å². The van der Waals surface area contributed by atoms with Crippen LogP contribution in [0.15, 0.2) is 54.6 Å². The molecule has 2 heterocycles. The summed E-state index contributed by atoms with van der Waals surface area (Å²) in [5.74, 6) is 0.407. The maximum absolute atomic E-state index is 11.2. The minimum absolute atomic E-state index is 0.340. The summed E-state index contributed by atoms with van der Waals surface area (Å²) < 4.78 is 0. The Labute approximate surface area is 148 Å². The average molecular weight is 346 g/mol. The summed E-state index contributed by atoms with van der Waals surface area (Å²) in [6.07, 6.45) is 0. The molecule has 8 heteroatoms. The molecule has 0 bridgehead atoms. The van der Waals surface area contributed by atoms with Crippen molar-refractivity contribution in [1.29, 1.82) is 0 Å². The number of aromatic amines is 1. The van der Waals surface area contributed by atoms with Crippen LogP contribution in [0.1, 0.15) is 5.69 Å². The van der Waals surface area contributed by atoms with E-state index in [0.717, 1.165) is 16.8 Å². The molecule has 0 saturated carbocycles. The Morgan fingerprint density at radius 2 is 1.88 bits per heavy atom. The highest BCUT2D eigenvalue weighted by atomic mass is 16.6. The van der Waals surface area contributed by atoms with E-state index in [1.165, 1.54) is 0 Å². The highest BCUT2D eigenvalue weighted by Gasteiger charge is 2.21. The van der Waals surface area contributed by atoms with Crippen molar-refractivity contribution in [1.82, 2.24) is 20.2 Å². The molecule has 4 aromatic rings. The number of hydrogen-bond acceptors (Lipinski definition) is 6. The molecule has 0 fully saturated rings. The van der Waals surface area contributed by atoms with E-state index >= 15 is 0 Å². The lowest BCUT2D eigenvalue weighted by atomic mass is 10.0. The molecular weight excluding hydrogens is 332 g/mol. The van der Waals surface area contributed by atoms with Crippen molar-refractivity contribution >= 4 is 28.5 Å². The van der Waals surface area contributed by atoms with Gasteiger partial charge in [0, 0.05) is 11.8 Å². The van der Waals surface area contributed by atoms with Gasteiger partial charge in [0.05, 0.1) is 5.39 Å². The molecule has 0 aliphatic heterocycles. The van der Waals surface area contributed by atoms with E-state index in [2.05, 4.69) is 25.5 Å². The predicted octanol–water partition coefficient (Wildman–Crippen LogP) is 3.98. The van der Waals surface area contributed by atoms with E-state index in [1.54, 1.807) is 12.1 Å². The maximum Gasteiger partial charge on any atom is 0.471 e. The quantitative estimate of drug-likeness (QED) is 0.427. The highest BCUT2D eigenvalue weighted by molar-refractivity contribution is 6.02. The summed E-state index contributed by atoms with van der Waals surface area (Å²) >= 11 is 0. The second-order valence-electron chi connectivity index (χ2n) is 5.76. The smallest absolute Gasteiger partial charge is 0.390 e. The molecule has 2 aromatic heterocycles. The van der Waals surface area contributed by atoms with Crippen molar-refractivity contribution in [3.63, 3.8) is 0 Å². The molecule has 0 aliphatic carbocycles. The molecule has 0 saturated heterocycles. The molecule has 2 N–H and O–H groups in total. The van der Waals surface area contributed by atoms with Crippen LogP contribution in [-0.4, -0.2) is 25.1 Å². The fourth-order valence-electron chi connectivity index (χ4n) is 2.80. The van der Waals surface area contributed by atoms with Crippen LogP contribution in [0.4, 0.5) is 17.6 Å². The van der Waals surface area contributed by atoms with Gasteiger partial charge in [0.1, 0.15) is 0 Å². The van der Waals surface area contributed by atoms with Gasteiger partial charge in [-0.15, -0.1) is 0 Å². The van der Waals surface area contributed by atoms with Gasteiger partial charge < -0.3 is 15.4 Å². The lowest BCUT2D eigenvalue weighted by Crippen LogP contribution is -2.03. The van der Waals surface area contributed by atoms with E-state index in [9.17, 15) is 10.1 Å². The summed E-state index contributed by atoms with van der Waals surface area (Å²) in [6, 6.07) is 17.0. The highest BCUT2D eigenvalue weighted by Crippen LogP contribution is 2.34. The van der Waals surface area contributed by atoms with Gasteiger partial charge in [0.25, 0.3) is 0 Å². The Morgan fingerprint density at radius 3 is 2.58 bits per heavy atom. The van der Waals surface area contributed by atoms with Crippen LogP contribution >= 0.6 is 0 Å². The number of anilines is 2. The Bertz CT molecular complexity index is 1110. The molecule has 0 radical (unpaired) electrons. The van der Waals surface area contributed by atoms with E-state index in [1.807, 2.05) is 49.4 Å². The number of H-pyrrole nitrogens is 1.